The van der Waals surface area contributed by atoms with Gasteiger partial charge in [-0.3, -0.25) is 4.57 Å². The van der Waals surface area contributed by atoms with Crippen LogP contribution in [0.25, 0.3) is 11.2 Å². The molecule has 1 aliphatic heterocycles. The Balaban J connectivity index is 1.91. The van der Waals surface area contributed by atoms with Gasteiger partial charge in [-0.15, -0.1) is 5.10 Å². The van der Waals surface area contributed by atoms with E-state index < -0.39 is 26.0 Å². The highest BCUT2D eigenvalue weighted by Crippen LogP contribution is 2.38. The third-order valence-corrected chi connectivity index (χ3v) is 3.78. The van der Waals surface area contributed by atoms with Crippen LogP contribution < -0.4 is 11.5 Å². The molecule has 0 spiro atoms. The molecule has 0 unspecified atom stereocenters. The van der Waals surface area contributed by atoms with E-state index in [4.69, 9.17) is 26.0 Å². The van der Waals surface area contributed by atoms with E-state index in [0.29, 0.717) is 0 Å². The highest BCUT2D eigenvalue weighted by Gasteiger charge is 2.36. The molecule has 124 valence electrons. The number of ether oxygens (including phenoxy) is 1. The summed E-state index contributed by atoms with van der Waals surface area (Å²) in [5, 5.41) is 17.8. The molecular weight excluding hydrogens is 329 g/mol. The van der Waals surface area contributed by atoms with Crippen LogP contribution in [0.1, 0.15) is 12.6 Å². The van der Waals surface area contributed by atoms with Gasteiger partial charge in [-0.2, -0.15) is 14.6 Å². The number of anilines is 2. The van der Waals surface area contributed by atoms with Gasteiger partial charge < -0.3 is 31.1 Å². The fourth-order valence-electron chi connectivity index (χ4n) is 2.27. The van der Waals surface area contributed by atoms with Crippen molar-refractivity contribution in [1.29, 1.82) is 0 Å². The molecule has 12 nitrogen and oxygen atoms in total. The molecule has 1 saturated heterocycles. The Labute approximate surface area is 128 Å². The summed E-state index contributed by atoms with van der Waals surface area (Å²) in [6.07, 6.45) is -1.30. The Hall–Kier alpha value is -2.11. The van der Waals surface area contributed by atoms with E-state index >= 15 is 0 Å². The fraction of sp³-hybridized carbons (Fsp3) is 0.400. The van der Waals surface area contributed by atoms with Gasteiger partial charge in [0.2, 0.25) is 5.95 Å². The Morgan fingerprint density at radius 3 is 2.78 bits per heavy atom. The molecule has 0 amide bonds. The van der Waals surface area contributed by atoms with Crippen molar-refractivity contribution in [3.63, 3.8) is 0 Å². The fourth-order valence-corrected chi connectivity index (χ4v) is 2.69. The number of aromatic nitrogens is 5. The normalized spacial score (nSPS) is 25.6. The number of aliphatic hydroxyl groups is 1. The van der Waals surface area contributed by atoms with E-state index in [9.17, 15) is 9.67 Å². The van der Waals surface area contributed by atoms with Crippen LogP contribution in [0.3, 0.4) is 0 Å². The second-order valence-electron chi connectivity index (χ2n) is 4.97. The van der Waals surface area contributed by atoms with Crippen LogP contribution in [0, 0.1) is 0 Å². The van der Waals surface area contributed by atoms with Crippen molar-refractivity contribution in [3.05, 3.63) is 11.9 Å². The van der Waals surface area contributed by atoms with Crippen molar-refractivity contribution in [2.24, 2.45) is 0 Å². The molecule has 1 fully saturated rings. The van der Waals surface area contributed by atoms with Gasteiger partial charge in [-0.05, 0) is 6.08 Å². The minimum absolute atomic E-state index is 0.0455. The summed E-state index contributed by atoms with van der Waals surface area (Å²) in [4.78, 5) is 25.4. The lowest BCUT2D eigenvalue weighted by molar-refractivity contribution is -0.0313. The number of rotatable bonds is 3. The number of fused-ring (bicyclic) bond motifs is 1. The zero-order valence-electron chi connectivity index (χ0n) is 11.6. The van der Waals surface area contributed by atoms with Crippen LogP contribution in [0.2, 0.25) is 0 Å². The maximum atomic E-state index is 10.8. The van der Waals surface area contributed by atoms with Crippen molar-refractivity contribution < 1.29 is 24.2 Å². The molecule has 7 N–H and O–H groups in total. The predicted molar refractivity (Wildman–Crippen MR) is 77.7 cm³/mol. The summed E-state index contributed by atoms with van der Waals surface area (Å²) in [5.41, 5.74) is 11.6. The summed E-state index contributed by atoms with van der Waals surface area (Å²) < 4.78 is 17.6. The van der Waals surface area contributed by atoms with E-state index in [1.165, 1.54) is 10.8 Å². The summed E-state index contributed by atoms with van der Waals surface area (Å²) in [6.45, 7) is 0. The molecule has 2 aromatic rings. The van der Waals surface area contributed by atoms with Crippen LogP contribution in [0.4, 0.5) is 11.8 Å². The number of nitrogen functional groups attached to an aromatic ring is 2. The quantitative estimate of drug-likeness (QED) is 0.416. The van der Waals surface area contributed by atoms with Gasteiger partial charge in [0.15, 0.2) is 23.2 Å². The zero-order chi connectivity index (χ0) is 16.8. The summed E-state index contributed by atoms with van der Waals surface area (Å²) >= 11 is 0. The number of hydrogen-bond acceptors (Lipinski definition) is 9. The Bertz CT molecular complexity index is 817. The standard InChI is InChI=1S/C10H14N7O5P/c11-7-6-8(14-10(12)13-7)17(16-15-6)9-5(18)3-4(22-9)1-2-23(19,20)21/h1-2,4-5,9,18H,3H2,(H2,19,20,21)(H4,11,12,13,14)/b2-1+/t4-,5-,9-/m1/s1. The van der Waals surface area contributed by atoms with Gasteiger partial charge in [0, 0.05) is 12.2 Å². The van der Waals surface area contributed by atoms with Crippen molar-refractivity contribution in [2.75, 3.05) is 11.5 Å². The number of nitrogens with two attached hydrogens (primary N) is 2. The molecule has 0 saturated carbocycles. The SMILES string of the molecule is Nc1nc(N)c2nnn([C@@H]3O[C@H](/C=C/P(=O)(O)O)C[C@H]3O)c2n1. The first-order valence-electron chi connectivity index (χ1n) is 6.46. The number of hydrogen-bond donors (Lipinski definition) is 5. The molecule has 3 rings (SSSR count). The van der Waals surface area contributed by atoms with Crippen LogP contribution in [0.15, 0.2) is 11.9 Å². The molecule has 0 aromatic carbocycles. The van der Waals surface area contributed by atoms with Crippen LogP contribution in [-0.4, -0.2) is 52.1 Å². The molecule has 3 atom stereocenters. The molecule has 2 aromatic heterocycles. The maximum Gasteiger partial charge on any atom is 0.348 e. The second kappa shape index (κ2) is 5.51. The van der Waals surface area contributed by atoms with Gasteiger partial charge in [0.05, 0.1) is 6.10 Å². The summed E-state index contributed by atoms with van der Waals surface area (Å²) in [6, 6.07) is 0. The van der Waals surface area contributed by atoms with Gasteiger partial charge in [0.1, 0.15) is 6.10 Å². The van der Waals surface area contributed by atoms with Gasteiger partial charge in [-0.1, -0.05) is 5.21 Å². The van der Waals surface area contributed by atoms with Crippen LogP contribution in [-0.2, 0) is 9.30 Å². The van der Waals surface area contributed by atoms with E-state index in [1.54, 1.807) is 0 Å². The Morgan fingerprint density at radius 2 is 2.09 bits per heavy atom. The first kappa shape index (κ1) is 15.8. The lowest BCUT2D eigenvalue weighted by Gasteiger charge is -2.14. The smallest absolute Gasteiger partial charge is 0.348 e. The largest absolute Gasteiger partial charge is 0.388 e. The van der Waals surface area contributed by atoms with Crippen LogP contribution in [0.5, 0.6) is 0 Å². The first-order valence-corrected chi connectivity index (χ1v) is 8.15. The van der Waals surface area contributed by atoms with Gasteiger partial charge in [-0.25, -0.2) is 0 Å². The third kappa shape index (κ3) is 3.16. The first-order chi connectivity index (χ1) is 10.7. The van der Waals surface area contributed by atoms with E-state index in [-0.39, 0.29) is 29.4 Å². The summed E-state index contributed by atoms with van der Waals surface area (Å²) in [7, 11) is -4.30. The molecule has 0 aliphatic carbocycles. The van der Waals surface area contributed by atoms with Crippen molar-refractivity contribution in [3.8, 4) is 0 Å². The van der Waals surface area contributed by atoms with E-state index in [1.807, 2.05) is 0 Å². The molecular formula is C10H14N7O5P. The highest BCUT2D eigenvalue weighted by molar-refractivity contribution is 7.55. The molecule has 13 heteroatoms. The second-order valence-corrected chi connectivity index (χ2v) is 6.45. The molecule has 1 aliphatic rings. The monoisotopic (exact) mass is 343 g/mol. The van der Waals surface area contributed by atoms with Crippen molar-refractivity contribution >= 4 is 30.5 Å². The third-order valence-electron chi connectivity index (χ3n) is 3.22. The van der Waals surface area contributed by atoms with Crippen molar-refractivity contribution in [1.82, 2.24) is 25.0 Å². The Kier molecular flexibility index (Phi) is 3.78. The predicted octanol–water partition coefficient (Wildman–Crippen LogP) is -1.27. The number of nitrogens with zero attached hydrogens (tertiary/aromatic N) is 5. The zero-order valence-corrected chi connectivity index (χ0v) is 12.5. The minimum atomic E-state index is -4.30. The highest BCUT2D eigenvalue weighted by atomic mass is 31.2. The van der Waals surface area contributed by atoms with Gasteiger partial charge >= 0.3 is 7.60 Å². The average Bonchev–Trinajstić information content (AvgIpc) is 2.99. The number of aliphatic hydroxyl groups excluding tert-OH is 1. The molecule has 0 radical (unpaired) electrons. The van der Waals surface area contributed by atoms with E-state index in [0.717, 1.165) is 5.82 Å². The maximum absolute atomic E-state index is 10.8. The molecule has 3 heterocycles. The van der Waals surface area contributed by atoms with Crippen molar-refractivity contribution in [2.45, 2.75) is 24.9 Å². The summed E-state index contributed by atoms with van der Waals surface area (Å²) in [5.74, 6) is 0.692. The molecule has 23 heavy (non-hydrogen) atoms. The average molecular weight is 343 g/mol. The Morgan fingerprint density at radius 1 is 1.35 bits per heavy atom. The van der Waals surface area contributed by atoms with Gasteiger partial charge in [0.25, 0.3) is 0 Å². The van der Waals surface area contributed by atoms with Crippen LogP contribution >= 0.6 is 7.60 Å². The lowest BCUT2D eigenvalue weighted by atomic mass is 10.2. The molecule has 0 bridgehead atoms. The topological polar surface area (TPSA) is 196 Å². The lowest BCUT2D eigenvalue weighted by Crippen LogP contribution is -2.21. The minimum Gasteiger partial charge on any atom is -0.388 e. The van der Waals surface area contributed by atoms with E-state index in [2.05, 4.69) is 20.3 Å².